The Morgan fingerprint density at radius 3 is 2.89 bits per heavy atom. The SMILES string of the molecule is CC(NCc1cc(Br)cs1)c1cc(F)ccc1O. The first-order valence-electron chi connectivity index (χ1n) is 5.51. The van der Waals surface area contributed by atoms with Crippen LogP contribution in [0.4, 0.5) is 4.39 Å². The molecule has 0 aliphatic heterocycles. The summed E-state index contributed by atoms with van der Waals surface area (Å²) in [6, 6.07) is 5.92. The molecular weight excluding hydrogens is 317 g/mol. The highest BCUT2D eigenvalue weighted by molar-refractivity contribution is 9.10. The Morgan fingerprint density at radius 1 is 1.44 bits per heavy atom. The van der Waals surface area contributed by atoms with Crippen LogP contribution in [-0.2, 0) is 6.54 Å². The van der Waals surface area contributed by atoms with Gasteiger partial charge in [-0.15, -0.1) is 11.3 Å². The van der Waals surface area contributed by atoms with Gasteiger partial charge in [-0.3, -0.25) is 0 Å². The van der Waals surface area contributed by atoms with Gasteiger partial charge < -0.3 is 10.4 Å². The van der Waals surface area contributed by atoms with Gasteiger partial charge in [0, 0.05) is 32.9 Å². The number of rotatable bonds is 4. The molecule has 96 valence electrons. The van der Waals surface area contributed by atoms with E-state index in [4.69, 9.17) is 0 Å². The molecule has 18 heavy (non-hydrogen) atoms. The molecular formula is C13H13BrFNOS. The molecule has 1 aromatic heterocycles. The lowest BCUT2D eigenvalue weighted by Gasteiger charge is -2.15. The highest BCUT2D eigenvalue weighted by atomic mass is 79.9. The third-order valence-electron chi connectivity index (χ3n) is 2.66. The van der Waals surface area contributed by atoms with E-state index in [1.807, 2.05) is 18.4 Å². The van der Waals surface area contributed by atoms with Crippen molar-refractivity contribution in [3.63, 3.8) is 0 Å². The van der Waals surface area contributed by atoms with Gasteiger partial charge in [-0.25, -0.2) is 4.39 Å². The second kappa shape index (κ2) is 5.82. The van der Waals surface area contributed by atoms with Gasteiger partial charge in [-0.1, -0.05) is 0 Å². The lowest BCUT2D eigenvalue weighted by atomic mass is 10.1. The van der Waals surface area contributed by atoms with Gasteiger partial charge in [0.05, 0.1) is 0 Å². The number of phenolic OH excluding ortho intramolecular Hbond substituents is 1. The molecule has 0 radical (unpaired) electrons. The largest absolute Gasteiger partial charge is 0.508 e. The van der Waals surface area contributed by atoms with Gasteiger partial charge in [-0.2, -0.15) is 0 Å². The predicted octanol–water partition coefficient (Wildman–Crippen LogP) is 4.21. The number of hydrogen-bond donors (Lipinski definition) is 2. The summed E-state index contributed by atoms with van der Waals surface area (Å²) < 4.78 is 14.2. The van der Waals surface area contributed by atoms with Crippen LogP contribution in [0.3, 0.4) is 0 Å². The van der Waals surface area contributed by atoms with Crippen LogP contribution in [0.1, 0.15) is 23.4 Å². The fourth-order valence-electron chi connectivity index (χ4n) is 1.68. The Balaban J connectivity index is 2.03. The zero-order valence-corrected chi connectivity index (χ0v) is 12.2. The van der Waals surface area contributed by atoms with Gasteiger partial charge in [0.25, 0.3) is 0 Å². The highest BCUT2D eigenvalue weighted by Crippen LogP contribution is 2.26. The number of hydrogen-bond acceptors (Lipinski definition) is 3. The summed E-state index contributed by atoms with van der Waals surface area (Å²) >= 11 is 5.05. The maximum Gasteiger partial charge on any atom is 0.123 e. The zero-order valence-electron chi connectivity index (χ0n) is 9.78. The quantitative estimate of drug-likeness (QED) is 0.880. The van der Waals surface area contributed by atoms with Crippen LogP contribution in [-0.4, -0.2) is 5.11 Å². The van der Waals surface area contributed by atoms with Crippen molar-refractivity contribution in [2.45, 2.75) is 19.5 Å². The fourth-order valence-corrected chi connectivity index (χ4v) is 3.08. The van der Waals surface area contributed by atoms with E-state index in [0.29, 0.717) is 12.1 Å². The van der Waals surface area contributed by atoms with Gasteiger partial charge in [0.1, 0.15) is 11.6 Å². The van der Waals surface area contributed by atoms with Crippen molar-refractivity contribution in [1.29, 1.82) is 0 Å². The van der Waals surface area contributed by atoms with Crippen LogP contribution in [0.25, 0.3) is 0 Å². The fraction of sp³-hybridized carbons (Fsp3) is 0.231. The van der Waals surface area contributed by atoms with Crippen molar-refractivity contribution in [2.75, 3.05) is 0 Å². The average molecular weight is 330 g/mol. The van der Waals surface area contributed by atoms with E-state index >= 15 is 0 Å². The van der Waals surface area contributed by atoms with E-state index in [0.717, 1.165) is 4.47 Å². The van der Waals surface area contributed by atoms with Gasteiger partial charge >= 0.3 is 0 Å². The Bertz CT molecular complexity index is 544. The second-order valence-corrected chi connectivity index (χ2v) is 5.95. The number of aromatic hydroxyl groups is 1. The maximum absolute atomic E-state index is 13.1. The van der Waals surface area contributed by atoms with Crippen LogP contribution in [0.2, 0.25) is 0 Å². The highest BCUT2D eigenvalue weighted by Gasteiger charge is 2.11. The van der Waals surface area contributed by atoms with Crippen LogP contribution in [0.15, 0.2) is 34.1 Å². The number of halogens is 2. The first kappa shape index (κ1) is 13.5. The minimum atomic E-state index is -0.338. The molecule has 0 amide bonds. The minimum Gasteiger partial charge on any atom is -0.508 e. The molecule has 0 saturated carbocycles. The molecule has 1 unspecified atom stereocenters. The molecule has 2 N–H and O–H groups in total. The van der Waals surface area contributed by atoms with Crippen molar-refractivity contribution >= 4 is 27.3 Å². The third-order valence-corrected chi connectivity index (χ3v) is 4.36. The lowest BCUT2D eigenvalue weighted by molar-refractivity contribution is 0.449. The molecule has 0 aliphatic carbocycles. The molecule has 5 heteroatoms. The maximum atomic E-state index is 13.1. The molecule has 0 spiro atoms. The summed E-state index contributed by atoms with van der Waals surface area (Å²) in [6.45, 7) is 2.59. The van der Waals surface area contributed by atoms with E-state index in [2.05, 4.69) is 21.2 Å². The van der Waals surface area contributed by atoms with E-state index in [-0.39, 0.29) is 17.6 Å². The first-order valence-corrected chi connectivity index (χ1v) is 7.18. The molecule has 0 aliphatic rings. The molecule has 1 aromatic carbocycles. The van der Waals surface area contributed by atoms with Crippen molar-refractivity contribution in [3.05, 3.63) is 50.4 Å². The van der Waals surface area contributed by atoms with Crippen molar-refractivity contribution in [1.82, 2.24) is 5.32 Å². The first-order chi connectivity index (χ1) is 8.56. The molecule has 2 aromatic rings. The van der Waals surface area contributed by atoms with Crippen LogP contribution >= 0.6 is 27.3 Å². The summed E-state index contributed by atoms with van der Waals surface area (Å²) in [5.74, 6) is -0.223. The second-order valence-electron chi connectivity index (χ2n) is 4.04. The Kier molecular flexibility index (Phi) is 4.37. The lowest BCUT2D eigenvalue weighted by Crippen LogP contribution is -2.17. The summed E-state index contributed by atoms with van der Waals surface area (Å²) in [6.07, 6.45) is 0. The number of benzene rings is 1. The van der Waals surface area contributed by atoms with Crippen LogP contribution < -0.4 is 5.32 Å². The molecule has 2 rings (SSSR count). The van der Waals surface area contributed by atoms with Crippen molar-refractivity contribution in [3.8, 4) is 5.75 Å². The van der Waals surface area contributed by atoms with Crippen LogP contribution in [0.5, 0.6) is 5.75 Å². The average Bonchev–Trinajstić information content (AvgIpc) is 2.75. The number of phenols is 1. The molecule has 0 bridgehead atoms. The summed E-state index contributed by atoms with van der Waals surface area (Å²) in [5.41, 5.74) is 0.575. The van der Waals surface area contributed by atoms with Crippen molar-refractivity contribution < 1.29 is 9.50 Å². The van der Waals surface area contributed by atoms with Crippen molar-refractivity contribution in [2.24, 2.45) is 0 Å². The number of thiophene rings is 1. The van der Waals surface area contributed by atoms with E-state index in [1.165, 1.54) is 23.1 Å². The number of nitrogens with one attached hydrogen (secondary N) is 1. The topological polar surface area (TPSA) is 32.3 Å². The molecule has 0 fully saturated rings. The smallest absolute Gasteiger partial charge is 0.123 e. The van der Waals surface area contributed by atoms with Crippen LogP contribution in [0, 0.1) is 5.82 Å². The normalized spacial score (nSPS) is 12.6. The van der Waals surface area contributed by atoms with E-state index < -0.39 is 0 Å². The summed E-state index contributed by atoms with van der Waals surface area (Å²) in [7, 11) is 0. The predicted molar refractivity (Wildman–Crippen MR) is 75.3 cm³/mol. The summed E-state index contributed by atoms with van der Waals surface area (Å²) in [4.78, 5) is 1.18. The minimum absolute atomic E-state index is 0.110. The Morgan fingerprint density at radius 2 is 2.22 bits per heavy atom. The molecule has 2 nitrogen and oxygen atoms in total. The standard InChI is InChI=1S/C13H13BrFNOS/c1-8(12-5-10(15)2-3-13(12)17)16-6-11-4-9(14)7-18-11/h2-5,7-8,16-17H,6H2,1H3. The molecule has 0 saturated heterocycles. The van der Waals surface area contributed by atoms with E-state index in [1.54, 1.807) is 11.3 Å². The summed E-state index contributed by atoms with van der Waals surface area (Å²) in [5, 5.41) is 15.0. The van der Waals surface area contributed by atoms with Gasteiger partial charge in [-0.05, 0) is 47.1 Å². The zero-order chi connectivity index (χ0) is 13.1. The van der Waals surface area contributed by atoms with Gasteiger partial charge in [0.15, 0.2) is 0 Å². The van der Waals surface area contributed by atoms with Gasteiger partial charge in [0.2, 0.25) is 0 Å². The Hall–Kier alpha value is -0.910. The van der Waals surface area contributed by atoms with E-state index in [9.17, 15) is 9.50 Å². The molecule has 1 atom stereocenters. The Labute approximate surface area is 118 Å². The molecule has 1 heterocycles. The third kappa shape index (κ3) is 3.31. The monoisotopic (exact) mass is 329 g/mol.